The van der Waals surface area contributed by atoms with Gasteiger partial charge >= 0.3 is 12.4 Å². The summed E-state index contributed by atoms with van der Waals surface area (Å²) in [6, 6.07) is 6.77. The number of Topliss-reactive ketones (excluding diaryl/α,β-unsaturated/α-hetero) is 3. The van der Waals surface area contributed by atoms with Crippen LogP contribution < -0.4 is 0 Å². The number of rotatable bonds is 3. The average molecular weight is 487 g/mol. The van der Waals surface area contributed by atoms with Crippen molar-refractivity contribution in [3.05, 3.63) is 69.8 Å². The van der Waals surface area contributed by atoms with Gasteiger partial charge in [0.25, 0.3) is 0 Å². The lowest BCUT2D eigenvalue weighted by Crippen LogP contribution is -2.21. The van der Waals surface area contributed by atoms with E-state index in [2.05, 4.69) is 0 Å². The quantitative estimate of drug-likeness (QED) is 0.351. The van der Waals surface area contributed by atoms with Crippen LogP contribution in [0.3, 0.4) is 0 Å². The molecule has 0 saturated heterocycles. The van der Waals surface area contributed by atoms with Gasteiger partial charge in [0.2, 0.25) is 0 Å². The van der Waals surface area contributed by atoms with Gasteiger partial charge in [-0.25, -0.2) is 0 Å². The molecule has 1 aliphatic carbocycles. The number of aliphatic hydroxyl groups excluding tert-OH is 1. The van der Waals surface area contributed by atoms with Gasteiger partial charge < -0.3 is 5.11 Å². The van der Waals surface area contributed by atoms with E-state index >= 15 is 0 Å². The molecule has 2 aromatic carbocycles. The van der Waals surface area contributed by atoms with Crippen molar-refractivity contribution in [1.82, 2.24) is 0 Å². The highest BCUT2D eigenvalue weighted by Gasteiger charge is 2.43. The first-order valence-corrected chi connectivity index (χ1v) is 9.74. The molecule has 0 atom stereocenters. The van der Waals surface area contributed by atoms with Crippen LogP contribution in [0.15, 0.2) is 36.4 Å². The first-order valence-electron chi connectivity index (χ1n) is 9.74. The number of carbonyl (C=O) groups excluding carboxylic acids is 3. The third-order valence-corrected chi connectivity index (χ3v) is 4.66. The number of nitrogens with zero attached hydrogens (tertiary/aromatic N) is 1. The fraction of sp³-hybridized carbons (Fsp3) is 0.304. The Morgan fingerprint density at radius 1 is 0.912 bits per heavy atom. The maximum absolute atomic E-state index is 13.2. The Labute approximate surface area is 190 Å². The molecule has 0 fully saturated rings. The van der Waals surface area contributed by atoms with Crippen LogP contribution in [-0.4, -0.2) is 29.6 Å². The maximum Gasteiger partial charge on any atom is 0.417 e. The van der Waals surface area contributed by atoms with E-state index in [-0.39, 0.29) is 23.3 Å². The number of ketones is 3. The molecule has 0 saturated carbocycles. The minimum absolute atomic E-state index is 0.0343. The maximum atomic E-state index is 13.2. The number of carbonyl (C=O) groups is 3. The van der Waals surface area contributed by atoms with Gasteiger partial charge in [-0.1, -0.05) is 38.1 Å². The molecule has 2 aromatic rings. The zero-order chi connectivity index (χ0) is 26.4. The Hall–Kier alpha value is -3.52. The molecule has 0 heterocycles. The molecule has 0 unspecified atom stereocenters. The molecule has 11 heteroatoms. The van der Waals surface area contributed by atoms with Crippen molar-refractivity contribution in [2.75, 3.05) is 7.11 Å². The van der Waals surface area contributed by atoms with Crippen LogP contribution in [0.2, 0.25) is 0 Å². The van der Waals surface area contributed by atoms with Gasteiger partial charge in [0.05, 0.1) is 22.6 Å². The second kappa shape index (κ2) is 11.1. The predicted molar refractivity (Wildman–Crippen MR) is 108 cm³/mol. The minimum atomic E-state index is -5.34. The van der Waals surface area contributed by atoms with Gasteiger partial charge in [-0.05, 0) is 12.1 Å². The smallest absolute Gasteiger partial charge is 0.400 e. The Morgan fingerprint density at radius 2 is 1.29 bits per heavy atom. The molecule has 0 spiro atoms. The summed E-state index contributed by atoms with van der Waals surface area (Å²) >= 11 is 0. The largest absolute Gasteiger partial charge is 0.417 e. The zero-order valence-electron chi connectivity index (χ0n) is 18.1. The van der Waals surface area contributed by atoms with Crippen molar-refractivity contribution >= 4 is 17.3 Å². The molecule has 182 valence electrons. The van der Waals surface area contributed by atoms with Gasteiger partial charge in [0, 0.05) is 30.2 Å². The monoisotopic (exact) mass is 487 g/mol. The number of fused-ring (bicyclic) bond motifs is 1. The number of alkyl halides is 6. The van der Waals surface area contributed by atoms with E-state index in [0.29, 0.717) is 0 Å². The molecular formula is C23H19F6NO4. The first-order chi connectivity index (χ1) is 15.9. The van der Waals surface area contributed by atoms with Crippen LogP contribution in [-0.2, 0) is 12.4 Å². The predicted octanol–water partition coefficient (Wildman–Crippen LogP) is 5.50. The standard InChI is InChI=1S/C20H9F6NO3.C2H6.CH4O/c21-19(22,23)14-5-9(6-15(13(14)8-27)20(24,25)26)16(28)7-12-17(29)10-3-1-2-4-11(10)18(12)30;2*1-2/h1-6,12H,7H2;1-2H3;2H,1H3. The SMILES string of the molecule is CC.CO.N#Cc1c(C(F)(F)F)cc(C(=O)CC2C(=O)c3ccccc3C2=O)cc1C(F)(F)F. The third-order valence-electron chi connectivity index (χ3n) is 4.66. The highest BCUT2D eigenvalue weighted by molar-refractivity contribution is 6.27. The number of halogens is 6. The van der Waals surface area contributed by atoms with Crippen LogP contribution in [0, 0.1) is 17.2 Å². The van der Waals surface area contributed by atoms with Crippen LogP contribution in [0.25, 0.3) is 0 Å². The van der Waals surface area contributed by atoms with Gasteiger partial charge in [-0.2, -0.15) is 31.6 Å². The first kappa shape index (κ1) is 28.5. The van der Waals surface area contributed by atoms with Crippen molar-refractivity contribution in [3.63, 3.8) is 0 Å². The summed E-state index contributed by atoms with van der Waals surface area (Å²) in [5.41, 5.74) is -6.43. The molecule has 3 rings (SSSR count). The van der Waals surface area contributed by atoms with Crippen LogP contribution in [0.5, 0.6) is 0 Å². The number of nitriles is 1. The Kier molecular flexibility index (Phi) is 9.28. The lowest BCUT2D eigenvalue weighted by Gasteiger charge is -2.17. The molecule has 0 amide bonds. The van der Waals surface area contributed by atoms with Gasteiger partial charge in [-0.3, -0.25) is 14.4 Å². The summed E-state index contributed by atoms with van der Waals surface area (Å²) in [4.78, 5) is 37.2. The highest BCUT2D eigenvalue weighted by atomic mass is 19.4. The molecule has 0 aromatic heterocycles. The van der Waals surface area contributed by atoms with Crippen molar-refractivity contribution in [1.29, 1.82) is 5.26 Å². The second-order valence-corrected chi connectivity index (χ2v) is 6.51. The number of aliphatic hydroxyl groups is 1. The number of hydrogen-bond donors (Lipinski definition) is 1. The second-order valence-electron chi connectivity index (χ2n) is 6.51. The zero-order valence-corrected chi connectivity index (χ0v) is 18.1. The summed E-state index contributed by atoms with van der Waals surface area (Å²) in [7, 11) is 1.00. The fourth-order valence-corrected chi connectivity index (χ4v) is 3.27. The lowest BCUT2D eigenvalue weighted by molar-refractivity contribution is -0.143. The highest BCUT2D eigenvalue weighted by Crippen LogP contribution is 2.40. The van der Waals surface area contributed by atoms with E-state index in [0.717, 1.165) is 13.2 Å². The van der Waals surface area contributed by atoms with Crippen molar-refractivity contribution < 1.29 is 45.8 Å². The molecule has 0 radical (unpaired) electrons. The molecule has 1 N–H and O–H groups in total. The fourth-order valence-electron chi connectivity index (χ4n) is 3.27. The number of hydrogen-bond acceptors (Lipinski definition) is 5. The van der Waals surface area contributed by atoms with Crippen LogP contribution >= 0.6 is 0 Å². The Balaban J connectivity index is 0.00000137. The summed E-state index contributed by atoms with van der Waals surface area (Å²) in [5.74, 6) is -4.25. The number of benzene rings is 2. The molecule has 0 bridgehead atoms. The summed E-state index contributed by atoms with van der Waals surface area (Å²) in [5, 5.41) is 15.8. The summed E-state index contributed by atoms with van der Waals surface area (Å²) in [6.07, 6.45) is -11.6. The molecule has 1 aliphatic rings. The normalized spacial score (nSPS) is 13.2. The summed E-state index contributed by atoms with van der Waals surface area (Å²) < 4.78 is 79.3. The van der Waals surface area contributed by atoms with Crippen LogP contribution in [0.4, 0.5) is 26.3 Å². The van der Waals surface area contributed by atoms with Gasteiger partial charge in [0.1, 0.15) is 6.07 Å². The average Bonchev–Trinajstić information content (AvgIpc) is 3.04. The molecule has 0 aliphatic heterocycles. The molecule has 34 heavy (non-hydrogen) atoms. The van der Waals surface area contributed by atoms with E-state index in [1.54, 1.807) is 0 Å². The van der Waals surface area contributed by atoms with Crippen molar-refractivity contribution in [2.24, 2.45) is 5.92 Å². The van der Waals surface area contributed by atoms with E-state index in [1.165, 1.54) is 24.3 Å². The van der Waals surface area contributed by atoms with Gasteiger partial charge in [0.15, 0.2) is 17.3 Å². The van der Waals surface area contributed by atoms with E-state index in [4.69, 9.17) is 10.4 Å². The van der Waals surface area contributed by atoms with Gasteiger partial charge in [-0.15, -0.1) is 0 Å². The third kappa shape index (κ3) is 5.69. The van der Waals surface area contributed by atoms with Crippen LogP contribution in [0.1, 0.15) is 68.0 Å². The minimum Gasteiger partial charge on any atom is -0.400 e. The lowest BCUT2D eigenvalue weighted by atomic mass is 9.90. The van der Waals surface area contributed by atoms with E-state index < -0.39 is 64.3 Å². The molecule has 5 nitrogen and oxygen atoms in total. The van der Waals surface area contributed by atoms with E-state index in [9.17, 15) is 40.7 Å². The topological polar surface area (TPSA) is 95.2 Å². The van der Waals surface area contributed by atoms with Crippen molar-refractivity contribution in [2.45, 2.75) is 32.6 Å². The van der Waals surface area contributed by atoms with Crippen molar-refractivity contribution in [3.8, 4) is 6.07 Å². The molecular weight excluding hydrogens is 468 g/mol. The van der Waals surface area contributed by atoms with E-state index in [1.807, 2.05) is 13.8 Å². The Bertz CT molecular complexity index is 1060. The Morgan fingerprint density at radius 3 is 1.62 bits per heavy atom. The summed E-state index contributed by atoms with van der Waals surface area (Å²) in [6.45, 7) is 4.00.